The van der Waals surface area contributed by atoms with Gasteiger partial charge < -0.3 is 9.32 Å². The predicted octanol–water partition coefficient (Wildman–Crippen LogP) is 16.0. The Morgan fingerprint density at radius 1 is 0.276 bits per heavy atom. The van der Waals surface area contributed by atoms with E-state index < -0.39 is 0 Å². The van der Waals surface area contributed by atoms with Crippen molar-refractivity contribution >= 4 is 60.5 Å². The summed E-state index contributed by atoms with van der Waals surface area (Å²) in [6, 6.07) is 80.8. The Kier molecular flexibility index (Phi) is 8.19. The molecule has 10 aromatic carbocycles. The third kappa shape index (κ3) is 6.09. The number of rotatable bonds is 7. The average molecular weight is 740 g/mol. The summed E-state index contributed by atoms with van der Waals surface area (Å²) in [5.41, 5.74) is 14.5. The molecule has 0 unspecified atom stereocenters. The molecule has 0 fully saturated rings. The molecule has 0 atom stereocenters. The molecule has 0 aliphatic rings. The summed E-state index contributed by atoms with van der Waals surface area (Å²) in [4.78, 5) is 2.38. The number of furan rings is 1. The molecule has 0 amide bonds. The molecule has 2 heteroatoms. The molecule has 272 valence electrons. The molecule has 0 saturated carbocycles. The first-order chi connectivity index (χ1) is 28.7. The highest BCUT2D eigenvalue weighted by Gasteiger charge is 2.19. The quantitative estimate of drug-likeness (QED) is 0.162. The summed E-state index contributed by atoms with van der Waals surface area (Å²) in [6.45, 7) is 0. The standard InChI is InChI=1S/C56H37NO/c1-2-11-38(12-3-1)43-17-10-18-44(33-43)40-23-28-49(29-24-40)57(50-30-25-41(26-31-50)47-22-21-39-13-4-5-14-42(39)34-47)54-20-9-8-19-51(54)48-27-32-55-52(36-48)53-35-45-15-6-7-16-46(45)37-56(53)58-55/h1-37H. The second-order valence-corrected chi connectivity index (χ2v) is 15.0. The van der Waals surface area contributed by atoms with Gasteiger partial charge in [0.15, 0.2) is 0 Å². The number of benzene rings is 10. The molecular weight excluding hydrogens is 703 g/mol. The molecule has 1 aromatic heterocycles. The Hall–Kier alpha value is -7.68. The molecule has 0 aliphatic carbocycles. The van der Waals surface area contributed by atoms with Gasteiger partial charge in [-0.1, -0.05) is 158 Å². The van der Waals surface area contributed by atoms with E-state index >= 15 is 0 Å². The van der Waals surface area contributed by atoms with Gasteiger partial charge in [-0.2, -0.15) is 0 Å². The van der Waals surface area contributed by atoms with Gasteiger partial charge in [-0.05, 0) is 127 Å². The van der Waals surface area contributed by atoms with Gasteiger partial charge in [0.2, 0.25) is 0 Å². The van der Waals surface area contributed by atoms with E-state index in [1.165, 1.54) is 54.9 Å². The van der Waals surface area contributed by atoms with E-state index in [0.29, 0.717) is 0 Å². The van der Waals surface area contributed by atoms with Crippen LogP contribution >= 0.6 is 0 Å². The minimum Gasteiger partial charge on any atom is -0.456 e. The van der Waals surface area contributed by atoms with Gasteiger partial charge in [0, 0.05) is 27.7 Å². The zero-order valence-corrected chi connectivity index (χ0v) is 31.7. The molecule has 11 aromatic rings. The van der Waals surface area contributed by atoms with Crippen LogP contribution in [0.4, 0.5) is 17.1 Å². The van der Waals surface area contributed by atoms with Crippen molar-refractivity contribution in [3.8, 4) is 44.5 Å². The van der Waals surface area contributed by atoms with E-state index in [2.05, 4.69) is 229 Å². The van der Waals surface area contributed by atoms with Crippen LogP contribution in [-0.4, -0.2) is 0 Å². The number of anilines is 3. The lowest BCUT2D eigenvalue weighted by molar-refractivity contribution is 0.669. The number of para-hydroxylation sites is 1. The highest BCUT2D eigenvalue weighted by atomic mass is 16.3. The van der Waals surface area contributed by atoms with Crippen molar-refractivity contribution in [2.75, 3.05) is 4.90 Å². The van der Waals surface area contributed by atoms with Crippen molar-refractivity contribution in [2.24, 2.45) is 0 Å². The SMILES string of the molecule is c1ccc(-c2cccc(-c3ccc(N(c4ccc(-c5ccc6ccccc6c5)cc4)c4ccccc4-c4ccc5oc6cc7ccccc7cc6c5c4)cc3)c2)cc1. The smallest absolute Gasteiger partial charge is 0.136 e. The van der Waals surface area contributed by atoms with Crippen LogP contribution in [0, 0.1) is 0 Å². The zero-order valence-electron chi connectivity index (χ0n) is 31.7. The second kappa shape index (κ2) is 14.1. The van der Waals surface area contributed by atoms with E-state index in [-0.39, 0.29) is 0 Å². The lowest BCUT2D eigenvalue weighted by Gasteiger charge is -2.28. The minimum atomic E-state index is 0.889. The van der Waals surface area contributed by atoms with Gasteiger partial charge >= 0.3 is 0 Å². The average Bonchev–Trinajstić information content (AvgIpc) is 3.65. The van der Waals surface area contributed by atoms with Crippen LogP contribution in [0.3, 0.4) is 0 Å². The molecule has 0 bridgehead atoms. The molecule has 2 nitrogen and oxygen atoms in total. The van der Waals surface area contributed by atoms with E-state index in [9.17, 15) is 0 Å². The van der Waals surface area contributed by atoms with E-state index in [1.54, 1.807) is 0 Å². The van der Waals surface area contributed by atoms with Crippen molar-refractivity contribution in [1.29, 1.82) is 0 Å². The highest BCUT2D eigenvalue weighted by Crippen LogP contribution is 2.43. The molecule has 0 spiro atoms. The molecule has 11 rings (SSSR count). The van der Waals surface area contributed by atoms with Gasteiger partial charge in [-0.3, -0.25) is 0 Å². The maximum absolute atomic E-state index is 6.41. The van der Waals surface area contributed by atoms with Crippen molar-refractivity contribution < 1.29 is 4.42 Å². The molecule has 0 saturated heterocycles. The third-order valence-electron chi connectivity index (χ3n) is 11.4. The number of hydrogen-bond acceptors (Lipinski definition) is 2. The van der Waals surface area contributed by atoms with Crippen LogP contribution in [0.2, 0.25) is 0 Å². The van der Waals surface area contributed by atoms with E-state index in [0.717, 1.165) is 50.1 Å². The van der Waals surface area contributed by atoms with Gasteiger partial charge in [0.05, 0.1) is 5.69 Å². The highest BCUT2D eigenvalue weighted by molar-refractivity contribution is 6.11. The van der Waals surface area contributed by atoms with E-state index in [4.69, 9.17) is 4.42 Å². The fourth-order valence-electron chi connectivity index (χ4n) is 8.45. The summed E-state index contributed by atoms with van der Waals surface area (Å²) >= 11 is 0. The Balaban J connectivity index is 1.03. The number of hydrogen-bond donors (Lipinski definition) is 0. The largest absolute Gasteiger partial charge is 0.456 e. The minimum absolute atomic E-state index is 0.889. The van der Waals surface area contributed by atoms with E-state index in [1.807, 2.05) is 0 Å². The first-order valence-electron chi connectivity index (χ1n) is 19.8. The molecule has 0 N–H and O–H groups in total. The van der Waals surface area contributed by atoms with Crippen LogP contribution in [0.15, 0.2) is 229 Å². The predicted molar refractivity (Wildman–Crippen MR) is 245 cm³/mol. The van der Waals surface area contributed by atoms with Crippen molar-refractivity contribution in [1.82, 2.24) is 0 Å². The Labute approximate surface area is 337 Å². The van der Waals surface area contributed by atoms with Crippen molar-refractivity contribution in [2.45, 2.75) is 0 Å². The fourth-order valence-corrected chi connectivity index (χ4v) is 8.45. The Bertz CT molecular complexity index is 3270. The Morgan fingerprint density at radius 3 is 1.48 bits per heavy atom. The maximum Gasteiger partial charge on any atom is 0.136 e. The lowest BCUT2D eigenvalue weighted by atomic mass is 9.97. The fraction of sp³-hybridized carbons (Fsp3) is 0. The van der Waals surface area contributed by atoms with Crippen molar-refractivity contribution in [3.05, 3.63) is 224 Å². The van der Waals surface area contributed by atoms with Crippen LogP contribution in [0.1, 0.15) is 0 Å². The first-order valence-corrected chi connectivity index (χ1v) is 19.8. The molecule has 58 heavy (non-hydrogen) atoms. The summed E-state index contributed by atoms with van der Waals surface area (Å²) in [6.07, 6.45) is 0. The normalized spacial score (nSPS) is 11.4. The van der Waals surface area contributed by atoms with Gasteiger partial charge in [0.1, 0.15) is 11.2 Å². The zero-order chi connectivity index (χ0) is 38.4. The van der Waals surface area contributed by atoms with Crippen LogP contribution < -0.4 is 4.90 Å². The summed E-state index contributed by atoms with van der Waals surface area (Å²) in [5.74, 6) is 0. The van der Waals surface area contributed by atoms with Crippen LogP contribution in [0.25, 0.3) is 88.0 Å². The lowest BCUT2D eigenvalue weighted by Crippen LogP contribution is -2.11. The maximum atomic E-state index is 6.41. The summed E-state index contributed by atoms with van der Waals surface area (Å²) in [5, 5.41) is 7.11. The van der Waals surface area contributed by atoms with Gasteiger partial charge in [-0.25, -0.2) is 0 Å². The molecule has 0 aliphatic heterocycles. The third-order valence-corrected chi connectivity index (χ3v) is 11.4. The Morgan fingerprint density at radius 2 is 0.776 bits per heavy atom. The number of fused-ring (bicyclic) bond motifs is 5. The van der Waals surface area contributed by atoms with Gasteiger partial charge in [0.25, 0.3) is 0 Å². The van der Waals surface area contributed by atoms with Crippen LogP contribution in [-0.2, 0) is 0 Å². The van der Waals surface area contributed by atoms with Gasteiger partial charge in [-0.15, -0.1) is 0 Å². The first kappa shape index (κ1) is 33.6. The summed E-state index contributed by atoms with van der Waals surface area (Å²) < 4.78 is 6.41. The monoisotopic (exact) mass is 739 g/mol. The summed E-state index contributed by atoms with van der Waals surface area (Å²) in [7, 11) is 0. The molecule has 1 heterocycles. The van der Waals surface area contributed by atoms with Crippen LogP contribution in [0.5, 0.6) is 0 Å². The van der Waals surface area contributed by atoms with Crippen molar-refractivity contribution in [3.63, 3.8) is 0 Å². The number of nitrogens with zero attached hydrogens (tertiary/aromatic N) is 1. The molecule has 0 radical (unpaired) electrons. The topological polar surface area (TPSA) is 16.4 Å². The molecular formula is C56H37NO. The second-order valence-electron chi connectivity index (χ2n) is 15.0.